The molecule has 1 unspecified atom stereocenters. The summed E-state index contributed by atoms with van der Waals surface area (Å²) in [6, 6.07) is 14.8. The Bertz CT molecular complexity index is 885. The van der Waals surface area contributed by atoms with Gasteiger partial charge in [0, 0.05) is 31.9 Å². The number of piperidine rings is 1. The van der Waals surface area contributed by atoms with Crippen LogP contribution in [0.15, 0.2) is 48.5 Å². The highest BCUT2D eigenvalue weighted by Gasteiger charge is 2.26. The predicted octanol–water partition coefficient (Wildman–Crippen LogP) is 4.08. The first-order valence-electron chi connectivity index (χ1n) is 11.3. The number of amides is 3. The zero-order valence-electron chi connectivity index (χ0n) is 18.9. The minimum atomic E-state index is -0.231. The van der Waals surface area contributed by atoms with Gasteiger partial charge in [0.1, 0.15) is 12.4 Å². The predicted molar refractivity (Wildman–Crippen MR) is 125 cm³/mol. The van der Waals surface area contributed by atoms with Gasteiger partial charge >= 0.3 is 6.03 Å². The highest BCUT2D eigenvalue weighted by atomic mass is 16.5. The number of nitrogens with one attached hydrogen (secondary N) is 2. The molecule has 2 N–H and O–H groups in total. The second kappa shape index (κ2) is 12.1. The maximum Gasteiger partial charge on any atom is 0.319 e. The van der Waals surface area contributed by atoms with Gasteiger partial charge in [0.15, 0.2) is 0 Å². The molecule has 0 radical (unpaired) electrons. The first kappa shape index (κ1) is 23.6. The van der Waals surface area contributed by atoms with Crippen LogP contribution in [0.25, 0.3) is 0 Å². The van der Waals surface area contributed by atoms with Gasteiger partial charge in [-0.05, 0) is 56.9 Å². The van der Waals surface area contributed by atoms with Gasteiger partial charge in [0.25, 0.3) is 5.91 Å². The van der Waals surface area contributed by atoms with Crippen LogP contribution in [0.5, 0.6) is 5.75 Å². The van der Waals surface area contributed by atoms with Gasteiger partial charge in [-0.2, -0.15) is 0 Å². The molecule has 1 atom stereocenters. The van der Waals surface area contributed by atoms with E-state index in [1.54, 1.807) is 6.07 Å². The Hall–Kier alpha value is -3.06. The molecule has 1 aliphatic rings. The third kappa shape index (κ3) is 6.99. The van der Waals surface area contributed by atoms with Crippen LogP contribution in [-0.4, -0.2) is 56.3 Å². The molecule has 32 heavy (non-hydrogen) atoms. The number of urea groups is 1. The van der Waals surface area contributed by atoms with E-state index in [-0.39, 0.29) is 17.9 Å². The number of para-hydroxylation sites is 1. The standard InChI is InChI=1S/C25H33N3O4/c1-3-31-15-16-32-23-9-5-4-8-22(23)24(29)28-14-6-7-20(18-28)17-26-25(30)27-21-12-10-19(2)11-13-21/h4-5,8-13,20H,3,6-7,14-18H2,1-2H3,(H2,26,27,30). The van der Waals surface area contributed by atoms with E-state index in [4.69, 9.17) is 9.47 Å². The Morgan fingerprint density at radius 2 is 1.88 bits per heavy atom. The maximum absolute atomic E-state index is 13.2. The number of rotatable bonds is 9. The molecule has 1 aliphatic heterocycles. The fourth-order valence-corrected chi connectivity index (χ4v) is 3.76. The van der Waals surface area contributed by atoms with Crippen LogP contribution in [-0.2, 0) is 4.74 Å². The van der Waals surface area contributed by atoms with E-state index < -0.39 is 0 Å². The summed E-state index contributed by atoms with van der Waals surface area (Å²) in [5.41, 5.74) is 2.47. The minimum absolute atomic E-state index is 0.0363. The van der Waals surface area contributed by atoms with Crippen molar-refractivity contribution in [2.24, 2.45) is 5.92 Å². The Labute approximate surface area is 190 Å². The van der Waals surface area contributed by atoms with Crippen molar-refractivity contribution in [1.29, 1.82) is 0 Å². The molecule has 1 fully saturated rings. The van der Waals surface area contributed by atoms with E-state index in [0.717, 1.165) is 24.1 Å². The van der Waals surface area contributed by atoms with Gasteiger partial charge in [-0.3, -0.25) is 4.79 Å². The van der Waals surface area contributed by atoms with Gasteiger partial charge in [-0.15, -0.1) is 0 Å². The topological polar surface area (TPSA) is 79.9 Å². The van der Waals surface area contributed by atoms with Crippen molar-refractivity contribution in [3.63, 3.8) is 0 Å². The van der Waals surface area contributed by atoms with Crippen LogP contribution in [0.1, 0.15) is 35.7 Å². The smallest absolute Gasteiger partial charge is 0.319 e. The fourth-order valence-electron chi connectivity index (χ4n) is 3.76. The SMILES string of the molecule is CCOCCOc1ccccc1C(=O)N1CCCC(CNC(=O)Nc2ccc(C)cc2)C1. The number of benzene rings is 2. The number of ether oxygens (including phenoxy) is 2. The Kier molecular flexibility index (Phi) is 8.92. The summed E-state index contributed by atoms with van der Waals surface area (Å²) in [7, 11) is 0. The maximum atomic E-state index is 13.2. The fraction of sp³-hybridized carbons (Fsp3) is 0.440. The summed E-state index contributed by atoms with van der Waals surface area (Å²) in [5.74, 6) is 0.753. The molecular formula is C25H33N3O4. The van der Waals surface area contributed by atoms with Crippen LogP contribution in [0, 0.1) is 12.8 Å². The first-order chi connectivity index (χ1) is 15.6. The number of carbonyl (C=O) groups excluding carboxylic acids is 2. The van der Waals surface area contributed by atoms with Gasteiger partial charge in [0.05, 0.1) is 12.2 Å². The van der Waals surface area contributed by atoms with E-state index in [0.29, 0.717) is 50.8 Å². The summed E-state index contributed by atoms with van der Waals surface area (Å²) in [6.07, 6.45) is 1.88. The molecular weight excluding hydrogens is 406 g/mol. The molecule has 1 saturated heterocycles. The summed E-state index contributed by atoms with van der Waals surface area (Å²) < 4.78 is 11.1. The minimum Gasteiger partial charge on any atom is -0.490 e. The van der Waals surface area contributed by atoms with Crippen molar-refractivity contribution in [3.8, 4) is 5.75 Å². The average Bonchev–Trinajstić information content (AvgIpc) is 2.82. The third-order valence-electron chi connectivity index (χ3n) is 5.47. The zero-order valence-corrected chi connectivity index (χ0v) is 18.9. The van der Waals surface area contributed by atoms with Crippen LogP contribution >= 0.6 is 0 Å². The normalized spacial score (nSPS) is 15.8. The second-order valence-corrected chi connectivity index (χ2v) is 8.00. The molecule has 3 amide bonds. The van der Waals surface area contributed by atoms with Gasteiger partial charge in [-0.1, -0.05) is 29.8 Å². The van der Waals surface area contributed by atoms with Gasteiger partial charge < -0.3 is 25.0 Å². The lowest BCUT2D eigenvalue weighted by atomic mass is 9.97. The molecule has 0 bridgehead atoms. The highest BCUT2D eigenvalue weighted by Crippen LogP contribution is 2.23. The molecule has 7 heteroatoms. The van der Waals surface area contributed by atoms with Gasteiger partial charge in [0.2, 0.25) is 0 Å². The second-order valence-electron chi connectivity index (χ2n) is 8.00. The number of likely N-dealkylation sites (tertiary alicyclic amines) is 1. The lowest BCUT2D eigenvalue weighted by Gasteiger charge is -2.33. The Morgan fingerprint density at radius 1 is 1.09 bits per heavy atom. The van der Waals surface area contributed by atoms with E-state index >= 15 is 0 Å². The number of nitrogens with zero attached hydrogens (tertiary/aromatic N) is 1. The summed E-state index contributed by atoms with van der Waals surface area (Å²) >= 11 is 0. The third-order valence-corrected chi connectivity index (χ3v) is 5.47. The van der Waals surface area contributed by atoms with Crippen molar-refractivity contribution < 1.29 is 19.1 Å². The first-order valence-corrected chi connectivity index (χ1v) is 11.3. The van der Waals surface area contributed by atoms with Crippen molar-refractivity contribution >= 4 is 17.6 Å². The summed E-state index contributed by atoms with van der Waals surface area (Å²) in [6.45, 7) is 7.30. The molecule has 1 heterocycles. The van der Waals surface area contributed by atoms with Crippen molar-refractivity contribution in [3.05, 3.63) is 59.7 Å². The number of carbonyl (C=O) groups is 2. The molecule has 0 aromatic heterocycles. The molecule has 3 rings (SSSR count). The van der Waals surface area contributed by atoms with E-state index in [1.165, 1.54) is 0 Å². The van der Waals surface area contributed by atoms with Crippen molar-refractivity contribution in [2.45, 2.75) is 26.7 Å². The van der Waals surface area contributed by atoms with Crippen LogP contribution in [0.2, 0.25) is 0 Å². The van der Waals surface area contributed by atoms with Gasteiger partial charge in [-0.25, -0.2) is 4.79 Å². The Morgan fingerprint density at radius 3 is 2.66 bits per heavy atom. The summed E-state index contributed by atoms with van der Waals surface area (Å²) in [5, 5.41) is 5.79. The van der Waals surface area contributed by atoms with Crippen LogP contribution < -0.4 is 15.4 Å². The Balaban J connectivity index is 1.51. The average molecular weight is 440 g/mol. The van der Waals surface area contributed by atoms with Crippen LogP contribution in [0.3, 0.4) is 0 Å². The molecule has 0 aliphatic carbocycles. The quantitative estimate of drug-likeness (QED) is 0.577. The molecule has 0 spiro atoms. The monoisotopic (exact) mass is 439 g/mol. The molecule has 172 valence electrons. The number of anilines is 1. The molecule has 0 saturated carbocycles. The highest BCUT2D eigenvalue weighted by molar-refractivity contribution is 5.97. The van der Waals surface area contributed by atoms with Crippen molar-refractivity contribution in [1.82, 2.24) is 10.2 Å². The number of hydrogen-bond acceptors (Lipinski definition) is 4. The van der Waals surface area contributed by atoms with E-state index in [1.807, 2.05) is 61.2 Å². The number of aryl methyl sites for hydroxylation is 1. The number of hydrogen-bond donors (Lipinski definition) is 2. The van der Waals surface area contributed by atoms with Crippen LogP contribution in [0.4, 0.5) is 10.5 Å². The lowest BCUT2D eigenvalue weighted by Crippen LogP contribution is -2.44. The lowest BCUT2D eigenvalue weighted by molar-refractivity contribution is 0.0666. The zero-order chi connectivity index (χ0) is 22.8. The molecule has 7 nitrogen and oxygen atoms in total. The van der Waals surface area contributed by atoms with Crippen molar-refractivity contribution in [2.75, 3.05) is 44.8 Å². The summed E-state index contributed by atoms with van der Waals surface area (Å²) in [4.78, 5) is 27.3. The molecule has 2 aromatic carbocycles. The van der Waals surface area contributed by atoms with E-state index in [9.17, 15) is 9.59 Å². The largest absolute Gasteiger partial charge is 0.490 e. The molecule has 2 aromatic rings. The van der Waals surface area contributed by atoms with E-state index in [2.05, 4.69) is 10.6 Å².